The van der Waals surface area contributed by atoms with Crippen LogP contribution >= 0.6 is 0 Å². The molecule has 0 spiro atoms. The third kappa shape index (κ3) is 4.80. The lowest BCUT2D eigenvalue weighted by Gasteiger charge is -2.11. The fourth-order valence-electron chi connectivity index (χ4n) is 2.38. The molecule has 2 aromatic rings. The second-order valence-corrected chi connectivity index (χ2v) is 6.20. The van der Waals surface area contributed by atoms with E-state index in [-0.39, 0.29) is 17.2 Å². The Labute approximate surface area is 161 Å². The molecule has 0 aromatic heterocycles. The van der Waals surface area contributed by atoms with Gasteiger partial charge in [-0.05, 0) is 42.8 Å². The van der Waals surface area contributed by atoms with E-state index >= 15 is 0 Å². The second-order valence-electron chi connectivity index (χ2n) is 6.20. The van der Waals surface area contributed by atoms with Gasteiger partial charge in [0.25, 0.3) is 17.5 Å². The van der Waals surface area contributed by atoms with Gasteiger partial charge in [0.15, 0.2) is 0 Å². The fraction of sp³-hybridized carbons (Fsp3) is 0.150. The van der Waals surface area contributed by atoms with Gasteiger partial charge < -0.3 is 10.2 Å². The monoisotopic (exact) mass is 378 g/mol. The van der Waals surface area contributed by atoms with Crippen LogP contribution in [0.25, 0.3) is 6.08 Å². The number of rotatable bonds is 5. The standard InChI is InChI=1S/C20H18N4O4/c1-13-4-5-14(11-18(13)24(27)28)10-16(12-21)19(25)22-17-8-6-15(7-9-17)20(26)23(2)3/h4-11H,1-3H3,(H,22,25)/b16-10+. The molecule has 0 aliphatic carbocycles. The normalized spacial score (nSPS) is 10.7. The molecule has 0 fully saturated rings. The number of carbonyl (C=O) groups is 2. The molecule has 0 aliphatic heterocycles. The van der Waals surface area contributed by atoms with Crippen LogP contribution in [0.2, 0.25) is 0 Å². The number of anilines is 1. The SMILES string of the molecule is Cc1ccc(/C=C(\C#N)C(=O)Nc2ccc(C(=O)N(C)C)cc2)cc1[N+](=O)[O-]. The Kier molecular flexibility index (Phi) is 6.24. The molecule has 0 aliphatic rings. The Morgan fingerprint density at radius 2 is 1.82 bits per heavy atom. The minimum absolute atomic E-state index is 0.0902. The first kappa shape index (κ1) is 20.3. The van der Waals surface area contributed by atoms with Crippen LogP contribution in [0.5, 0.6) is 0 Å². The summed E-state index contributed by atoms with van der Waals surface area (Å²) in [5.41, 5.74) is 1.44. The minimum Gasteiger partial charge on any atom is -0.345 e. The molecule has 2 amide bonds. The molecule has 142 valence electrons. The van der Waals surface area contributed by atoms with Crippen molar-refractivity contribution in [1.82, 2.24) is 4.90 Å². The molecular formula is C20H18N4O4. The summed E-state index contributed by atoms with van der Waals surface area (Å²) < 4.78 is 0. The molecule has 8 nitrogen and oxygen atoms in total. The third-order valence-corrected chi connectivity index (χ3v) is 3.90. The number of aryl methyl sites for hydroxylation is 1. The summed E-state index contributed by atoms with van der Waals surface area (Å²) in [6.07, 6.45) is 1.28. The van der Waals surface area contributed by atoms with Crippen molar-refractivity contribution in [2.75, 3.05) is 19.4 Å². The van der Waals surface area contributed by atoms with Gasteiger partial charge >= 0.3 is 0 Å². The van der Waals surface area contributed by atoms with E-state index in [9.17, 15) is 25.0 Å². The molecule has 0 unspecified atom stereocenters. The molecule has 0 bridgehead atoms. The quantitative estimate of drug-likeness (QED) is 0.371. The van der Waals surface area contributed by atoms with Gasteiger partial charge in [0.1, 0.15) is 11.6 Å². The predicted octanol–water partition coefficient (Wildman–Crippen LogP) is 3.15. The van der Waals surface area contributed by atoms with E-state index in [2.05, 4.69) is 5.32 Å². The highest BCUT2D eigenvalue weighted by molar-refractivity contribution is 6.09. The summed E-state index contributed by atoms with van der Waals surface area (Å²) >= 11 is 0. The van der Waals surface area contributed by atoms with Crippen molar-refractivity contribution in [2.24, 2.45) is 0 Å². The van der Waals surface area contributed by atoms with Crippen LogP contribution in [-0.2, 0) is 4.79 Å². The lowest BCUT2D eigenvalue weighted by Crippen LogP contribution is -2.21. The average molecular weight is 378 g/mol. The molecule has 2 aromatic carbocycles. The summed E-state index contributed by atoms with van der Waals surface area (Å²) in [5.74, 6) is -0.825. The van der Waals surface area contributed by atoms with E-state index in [0.717, 1.165) is 0 Å². The van der Waals surface area contributed by atoms with Gasteiger partial charge in [-0.15, -0.1) is 0 Å². The van der Waals surface area contributed by atoms with E-state index < -0.39 is 10.8 Å². The molecule has 0 saturated carbocycles. The van der Waals surface area contributed by atoms with Crippen LogP contribution in [0.3, 0.4) is 0 Å². The van der Waals surface area contributed by atoms with Crippen LogP contribution in [-0.4, -0.2) is 35.7 Å². The molecular weight excluding hydrogens is 360 g/mol. The topological polar surface area (TPSA) is 116 Å². The van der Waals surface area contributed by atoms with Crippen LogP contribution in [0.1, 0.15) is 21.5 Å². The summed E-state index contributed by atoms with van der Waals surface area (Å²) in [4.78, 5) is 36.2. The van der Waals surface area contributed by atoms with Crippen molar-refractivity contribution < 1.29 is 14.5 Å². The van der Waals surface area contributed by atoms with Gasteiger partial charge in [0.05, 0.1) is 4.92 Å². The minimum atomic E-state index is -0.655. The lowest BCUT2D eigenvalue weighted by molar-refractivity contribution is -0.385. The maximum Gasteiger partial charge on any atom is 0.272 e. The zero-order valence-corrected chi connectivity index (χ0v) is 15.6. The van der Waals surface area contributed by atoms with E-state index in [1.54, 1.807) is 63.5 Å². The molecule has 0 saturated heterocycles. The highest BCUT2D eigenvalue weighted by Crippen LogP contribution is 2.21. The first-order chi connectivity index (χ1) is 13.2. The highest BCUT2D eigenvalue weighted by Gasteiger charge is 2.14. The number of nitrogens with one attached hydrogen (secondary N) is 1. The maximum absolute atomic E-state index is 12.3. The summed E-state index contributed by atoms with van der Waals surface area (Å²) in [5, 5.41) is 22.9. The first-order valence-electron chi connectivity index (χ1n) is 8.23. The Bertz CT molecular complexity index is 1000. The summed E-state index contributed by atoms with van der Waals surface area (Å²) in [6.45, 7) is 1.61. The van der Waals surface area contributed by atoms with Gasteiger partial charge in [-0.25, -0.2) is 0 Å². The molecule has 0 heterocycles. The Morgan fingerprint density at radius 1 is 1.18 bits per heavy atom. The molecule has 8 heteroatoms. The number of amides is 2. The number of nitro benzene ring substituents is 1. The average Bonchev–Trinajstić information content (AvgIpc) is 2.66. The fourth-order valence-corrected chi connectivity index (χ4v) is 2.38. The number of nitro groups is 1. The smallest absolute Gasteiger partial charge is 0.272 e. The third-order valence-electron chi connectivity index (χ3n) is 3.90. The van der Waals surface area contributed by atoms with Crippen LogP contribution in [0, 0.1) is 28.4 Å². The number of hydrogen-bond acceptors (Lipinski definition) is 5. The first-order valence-corrected chi connectivity index (χ1v) is 8.23. The number of benzene rings is 2. The van der Waals surface area contributed by atoms with Crippen LogP contribution in [0.4, 0.5) is 11.4 Å². The van der Waals surface area contributed by atoms with E-state index in [4.69, 9.17) is 0 Å². The van der Waals surface area contributed by atoms with Crippen molar-refractivity contribution in [3.8, 4) is 6.07 Å². The Balaban J connectivity index is 2.21. The molecule has 2 rings (SSSR count). The van der Waals surface area contributed by atoms with Crippen LogP contribution in [0.15, 0.2) is 48.0 Å². The van der Waals surface area contributed by atoms with E-state index in [1.807, 2.05) is 0 Å². The van der Waals surface area contributed by atoms with E-state index in [0.29, 0.717) is 22.4 Å². The maximum atomic E-state index is 12.3. The summed E-state index contributed by atoms with van der Waals surface area (Å²) in [6, 6.07) is 12.5. The predicted molar refractivity (Wildman–Crippen MR) is 105 cm³/mol. The van der Waals surface area contributed by atoms with Gasteiger partial charge in [-0.2, -0.15) is 5.26 Å². The lowest BCUT2D eigenvalue weighted by atomic mass is 10.1. The van der Waals surface area contributed by atoms with Crippen molar-refractivity contribution in [3.63, 3.8) is 0 Å². The summed E-state index contributed by atoms with van der Waals surface area (Å²) in [7, 11) is 3.27. The highest BCUT2D eigenvalue weighted by atomic mass is 16.6. The number of carbonyl (C=O) groups excluding carboxylic acids is 2. The Morgan fingerprint density at radius 3 is 2.36 bits per heavy atom. The zero-order chi connectivity index (χ0) is 20.8. The van der Waals surface area contributed by atoms with Gasteiger partial charge in [-0.3, -0.25) is 19.7 Å². The van der Waals surface area contributed by atoms with Crippen molar-refractivity contribution >= 4 is 29.3 Å². The molecule has 1 N–H and O–H groups in total. The molecule has 0 radical (unpaired) electrons. The number of nitrogens with zero attached hydrogens (tertiary/aromatic N) is 3. The van der Waals surface area contributed by atoms with Gasteiger partial charge in [-0.1, -0.05) is 12.1 Å². The number of hydrogen-bond donors (Lipinski definition) is 1. The van der Waals surface area contributed by atoms with Crippen molar-refractivity contribution in [1.29, 1.82) is 5.26 Å². The number of nitriles is 1. The largest absolute Gasteiger partial charge is 0.345 e. The van der Waals surface area contributed by atoms with E-state index in [1.165, 1.54) is 17.0 Å². The van der Waals surface area contributed by atoms with Crippen molar-refractivity contribution in [3.05, 3.63) is 74.8 Å². The van der Waals surface area contributed by atoms with Gasteiger partial charge in [0.2, 0.25) is 0 Å². The molecule has 28 heavy (non-hydrogen) atoms. The second kappa shape index (κ2) is 8.60. The van der Waals surface area contributed by atoms with Crippen LogP contribution < -0.4 is 5.32 Å². The Hall–Kier alpha value is -3.99. The molecule has 0 atom stereocenters. The van der Waals surface area contributed by atoms with Crippen molar-refractivity contribution in [2.45, 2.75) is 6.92 Å². The zero-order valence-electron chi connectivity index (χ0n) is 15.6. The van der Waals surface area contributed by atoms with Gasteiger partial charge in [0, 0.05) is 37.0 Å².